The van der Waals surface area contributed by atoms with Crippen molar-refractivity contribution in [1.82, 2.24) is 9.55 Å². The van der Waals surface area contributed by atoms with Crippen LogP contribution in [0.3, 0.4) is 0 Å². The number of hydrogen-bond acceptors (Lipinski definition) is 1. The second-order valence-corrected chi connectivity index (χ2v) is 4.84. The van der Waals surface area contributed by atoms with E-state index >= 15 is 0 Å². The van der Waals surface area contributed by atoms with E-state index in [9.17, 15) is 4.39 Å². The molecule has 100 valence electrons. The number of nitrogens with zero attached hydrogens (tertiary/aromatic N) is 2. The van der Waals surface area contributed by atoms with Gasteiger partial charge in [0.2, 0.25) is 0 Å². The summed E-state index contributed by atoms with van der Waals surface area (Å²) in [5.41, 5.74) is 4.13. The van der Waals surface area contributed by atoms with E-state index in [0.717, 1.165) is 22.5 Å². The second-order valence-electron chi connectivity index (χ2n) is 4.84. The van der Waals surface area contributed by atoms with Gasteiger partial charge < -0.3 is 4.57 Å². The van der Waals surface area contributed by atoms with Gasteiger partial charge in [-0.05, 0) is 42.7 Å². The molecule has 3 aromatic rings. The Balaban J connectivity index is 2.05. The van der Waals surface area contributed by atoms with Crippen molar-refractivity contribution in [2.75, 3.05) is 0 Å². The van der Waals surface area contributed by atoms with Crippen LogP contribution in [0.15, 0.2) is 61.1 Å². The van der Waals surface area contributed by atoms with E-state index in [1.165, 1.54) is 6.07 Å². The van der Waals surface area contributed by atoms with Gasteiger partial charge in [0.25, 0.3) is 0 Å². The summed E-state index contributed by atoms with van der Waals surface area (Å²) >= 11 is 0. The van der Waals surface area contributed by atoms with Crippen molar-refractivity contribution >= 4 is 0 Å². The van der Waals surface area contributed by atoms with E-state index in [1.54, 1.807) is 18.6 Å². The van der Waals surface area contributed by atoms with Crippen LogP contribution in [0, 0.1) is 12.7 Å². The van der Waals surface area contributed by atoms with E-state index < -0.39 is 0 Å². The zero-order valence-corrected chi connectivity index (χ0v) is 11.3. The molecule has 0 spiro atoms. The third-order valence-electron chi connectivity index (χ3n) is 3.36. The van der Waals surface area contributed by atoms with E-state index in [1.807, 2.05) is 35.8 Å². The lowest BCUT2D eigenvalue weighted by molar-refractivity contribution is 0.625. The molecule has 0 unspecified atom stereocenters. The normalized spacial score (nSPS) is 10.7. The molecule has 2 aromatic carbocycles. The van der Waals surface area contributed by atoms with Crippen molar-refractivity contribution in [2.24, 2.45) is 0 Å². The molecule has 3 heteroatoms. The van der Waals surface area contributed by atoms with Crippen molar-refractivity contribution in [1.29, 1.82) is 0 Å². The highest BCUT2D eigenvalue weighted by Crippen LogP contribution is 2.21. The molecule has 0 fully saturated rings. The fourth-order valence-electron chi connectivity index (χ4n) is 2.36. The smallest absolute Gasteiger partial charge is 0.123 e. The van der Waals surface area contributed by atoms with Crippen LogP contribution in [0.1, 0.15) is 16.8 Å². The summed E-state index contributed by atoms with van der Waals surface area (Å²) in [7, 11) is 0. The van der Waals surface area contributed by atoms with E-state index in [0.29, 0.717) is 6.42 Å². The van der Waals surface area contributed by atoms with Gasteiger partial charge in [0.05, 0.1) is 12.0 Å². The van der Waals surface area contributed by atoms with Crippen LogP contribution in [0.4, 0.5) is 4.39 Å². The molecule has 0 aliphatic heterocycles. The molecule has 0 amide bonds. The first-order valence-corrected chi connectivity index (χ1v) is 6.56. The lowest BCUT2D eigenvalue weighted by Gasteiger charge is -2.12. The Morgan fingerprint density at radius 3 is 2.60 bits per heavy atom. The third kappa shape index (κ3) is 2.48. The molecular weight excluding hydrogens is 251 g/mol. The van der Waals surface area contributed by atoms with Gasteiger partial charge in [0.15, 0.2) is 0 Å². The Hall–Kier alpha value is -2.42. The molecule has 0 N–H and O–H groups in total. The van der Waals surface area contributed by atoms with Gasteiger partial charge >= 0.3 is 0 Å². The molecule has 0 atom stereocenters. The average Bonchev–Trinajstić information content (AvgIpc) is 2.86. The summed E-state index contributed by atoms with van der Waals surface area (Å²) in [6, 6.07) is 15.0. The fourth-order valence-corrected chi connectivity index (χ4v) is 2.36. The number of aryl methyl sites for hydroxylation is 1. The standard InChI is InChI=1S/C17H15FN2/c1-13-11-19-12-20(13)17-8-7-16(18)10-15(17)9-14-5-3-2-4-6-14/h2-8,10-12H,9H2,1H3. The van der Waals surface area contributed by atoms with Gasteiger partial charge in [0.1, 0.15) is 5.82 Å². The predicted molar refractivity (Wildman–Crippen MR) is 77.5 cm³/mol. The number of aromatic nitrogens is 2. The number of imidazole rings is 1. The van der Waals surface area contributed by atoms with E-state index in [4.69, 9.17) is 0 Å². The molecule has 3 rings (SSSR count). The van der Waals surface area contributed by atoms with E-state index in [2.05, 4.69) is 17.1 Å². The Morgan fingerprint density at radius 2 is 1.90 bits per heavy atom. The monoisotopic (exact) mass is 266 g/mol. The predicted octanol–water partition coefficient (Wildman–Crippen LogP) is 3.91. The number of halogens is 1. The van der Waals surface area contributed by atoms with Crippen LogP contribution >= 0.6 is 0 Å². The Labute approximate surface area is 117 Å². The zero-order valence-electron chi connectivity index (χ0n) is 11.3. The SMILES string of the molecule is Cc1cncn1-c1ccc(F)cc1Cc1ccccc1. The highest BCUT2D eigenvalue weighted by molar-refractivity contribution is 5.45. The van der Waals surface area contributed by atoms with Crippen LogP contribution in [0.2, 0.25) is 0 Å². The van der Waals surface area contributed by atoms with Crippen LogP contribution in [-0.4, -0.2) is 9.55 Å². The number of hydrogen-bond donors (Lipinski definition) is 0. The first-order valence-electron chi connectivity index (χ1n) is 6.56. The summed E-state index contributed by atoms with van der Waals surface area (Å²) in [6.07, 6.45) is 4.26. The minimum atomic E-state index is -0.211. The molecule has 0 aliphatic carbocycles. The maximum absolute atomic E-state index is 13.6. The van der Waals surface area contributed by atoms with Crippen molar-refractivity contribution in [3.63, 3.8) is 0 Å². The lowest BCUT2D eigenvalue weighted by Crippen LogP contribution is -2.02. The quantitative estimate of drug-likeness (QED) is 0.702. The first-order chi connectivity index (χ1) is 9.74. The summed E-state index contributed by atoms with van der Waals surface area (Å²) in [4.78, 5) is 4.14. The van der Waals surface area contributed by atoms with Gasteiger partial charge in [0, 0.05) is 11.9 Å². The molecule has 1 heterocycles. The summed E-state index contributed by atoms with van der Waals surface area (Å²) in [5.74, 6) is -0.211. The molecule has 0 saturated heterocycles. The van der Waals surface area contributed by atoms with Gasteiger partial charge in [-0.1, -0.05) is 30.3 Å². The van der Waals surface area contributed by atoms with Crippen LogP contribution in [-0.2, 0) is 6.42 Å². The molecular formula is C17H15FN2. The van der Waals surface area contributed by atoms with Crippen molar-refractivity contribution < 1.29 is 4.39 Å². The van der Waals surface area contributed by atoms with Gasteiger partial charge in [-0.3, -0.25) is 0 Å². The van der Waals surface area contributed by atoms with Gasteiger partial charge in [-0.2, -0.15) is 0 Å². The van der Waals surface area contributed by atoms with Crippen molar-refractivity contribution in [2.45, 2.75) is 13.3 Å². The molecule has 0 aliphatic rings. The lowest BCUT2D eigenvalue weighted by atomic mass is 10.0. The maximum Gasteiger partial charge on any atom is 0.123 e. The van der Waals surface area contributed by atoms with Crippen molar-refractivity contribution in [3.8, 4) is 5.69 Å². The Bertz CT molecular complexity index is 717. The topological polar surface area (TPSA) is 17.8 Å². The maximum atomic E-state index is 13.6. The van der Waals surface area contributed by atoms with Crippen molar-refractivity contribution in [3.05, 3.63) is 83.7 Å². The highest BCUT2D eigenvalue weighted by Gasteiger charge is 2.09. The Morgan fingerprint density at radius 1 is 1.10 bits per heavy atom. The minimum absolute atomic E-state index is 0.211. The number of benzene rings is 2. The molecule has 0 saturated carbocycles. The molecule has 0 bridgehead atoms. The fraction of sp³-hybridized carbons (Fsp3) is 0.118. The molecule has 0 radical (unpaired) electrons. The largest absolute Gasteiger partial charge is 0.303 e. The summed E-state index contributed by atoms with van der Waals surface area (Å²) in [6.45, 7) is 1.99. The molecule has 20 heavy (non-hydrogen) atoms. The van der Waals surface area contributed by atoms with E-state index in [-0.39, 0.29) is 5.82 Å². The summed E-state index contributed by atoms with van der Waals surface area (Å²) in [5, 5.41) is 0. The second kappa shape index (κ2) is 5.29. The summed E-state index contributed by atoms with van der Waals surface area (Å²) < 4.78 is 15.6. The van der Waals surface area contributed by atoms with Gasteiger partial charge in [-0.25, -0.2) is 9.37 Å². The Kier molecular flexibility index (Phi) is 3.33. The number of rotatable bonds is 3. The van der Waals surface area contributed by atoms with Crippen LogP contribution in [0.5, 0.6) is 0 Å². The van der Waals surface area contributed by atoms with Crippen LogP contribution < -0.4 is 0 Å². The van der Waals surface area contributed by atoms with Crippen LogP contribution in [0.25, 0.3) is 5.69 Å². The molecule has 1 aromatic heterocycles. The minimum Gasteiger partial charge on any atom is -0.303 e. The highest BCUT2D eigenvalue weighted by atomic mass is 19.1. The average molecular weight is 266 g/mol. The first kappa shape index (κ1) is 12.6. The molecule has 2 nitrogen and oxygen atoms in total. The third-order valence-corrected chi connectivity index (χ3v) is 3.36. The van der Waals surface area contributed by atoms with Gasteiger partial charge in [-0.15, -0.1) is 0 Å². The zero-order chi connectivity index (χ0) is 13.9.